The van der Waals surface area contributed by atoms with E-state index in [1.807, 2.05) is 19.9 Å². The Bertz CT molecular complexity index is 822. The summed E-state index contributed by atoms with van der Waals surface area (Å²) in [5, 5.41) is 4.76. The van der Waals surface area contributed by atoms with Crippen molar-refractivity contribution in [1.29, 1.82) is 0 Å². The van der Waals surface area contributed by atoms with Gasteiger partial charge in [-0.25, -0.2) is 0 Å². The van der Waals surface area contributed by atoms with Crippen molar-refractivity contribution < 1.29 is 20.4 Å². The topological polar surface area (TPSA) is 26.5 Å². The molecule has 0 saturated carbocycles. The van der Waals surface area contributed by atoms with Crippen LogP contribution in [0.3, 0.4) is 0 Å². The third-order valence-electron chi connectivity index (χ3n) is 5.21. The van der Waals surface area contributed by atoms with Crippen molar-refractivity contribution in [1.82, 2.24) is 0 Å². The van der Waals surface area contributed by atoms with Gasteiger partial charge < -0.3 is 12.7 Å². The number of benzene rings is 2. The van der Waals surface area contributed by atoms with Crippen molar-refractivity contribution in [2.45, 2.75) is 62.3 Å². The van der Waals surface area contributed by atoms with Gasteiger partial charge in [0.25, 0.3) is 0 Å². The molecule has 180 valence electrons. The van der Waals surface area contributed by atoms with Crippen LogP contribution in [-0.2, 0) is 20.4 Å². The van der Waals surface area contributed by atoms with E-state index < -0.39 is 0 Å². The van der Waals surface area contributed by atoms with Crippen LogP contribution >= 0.6 is 7.92 Å². The molecule has 0 N–H and O–H groups in total. The maximum absolute atomic E-state index is 4.76. The summed E-state index contributed by atoms with van der Waals surface area (Å²) in [7, 11) is 0.446. The summed E-state index contributed by atoms with van der Waals surface area (Å²) in [5.41, 5.74) is 8.83. The van der Waals surface area contributed by atoms with Gasteiger partial charge in [-0.15, -0.1) is 13.6 Å². The van der Waals surface area contributed by atoms with Crippen LogP contribution in [0.15, 0.2) is 53.2 Å². The van der Waals surface area contributed by atoms with Crippen molar-refractivity contribution >= 4 is 25.0 Å². The molecule has 0 atom stereocenters. The van der Waals surface area contributed by atoms with E-state index in [0.717, 1.165) is 22.8 Å². The molecular weight excluding hydrogens is 502 g/mol. The molecular formula is C28H43N2PPd. The molecule has 0 unspecified atom stereocenters. The number of aliphatic imine (C=N–C) groups is 1. The summed E-state index contributed by atoms with van der Waals surface area (Å²) >= 11 is 0. The predicted octanol–water partition coefficient (Wildman–Crippen LogP) is 9.60. The Morgan fingerprint density at radius 3 is 1.59 bits per heavy atom. The average Bonchev–Trinajstić information content (AvgIpc) is 2.70. The Labute approximate surface area is 213 Å². The van der Waals surface area contributed by atoms with E-state index in [1.54, 1.807) is 0 Å². The summed E-state index contributed by atoms with van der Waals surface area (Å²) in [6.07, 6.45) is 6.30. The first-order valence-corrected chi connectivity index (χ1v) is 12.9. The Morgan fingerprint density at radius 2 is 1.22 bits per heavy atom. The van der Waals surface area contributed by atoms with Gasteiger partial charge in [0.2, 0.25) is 0 Å². The fraction of sp³-hybridized carbons (Fsp3) is 0.429. The van der Waals surface area contributed by atoms with E-state index in [2.05, 4.69) is 84.9 Å². The molecule has 2 aromatic carbocycles. The second-order valence-corrected chi connectivity index (χ2v) is 11.0. The summed E-state index contributed by atoms with van der Waals surface area (Å²) in [6.45, 7) is 19.3. The fourth-order valence-electron chi connectivity index (χ4n) is 3.35. The molecule has 0 aliphatic carbocycles. The van der Waals surface area contributed by atoms with Crippen LogP contribution in [0.1, 0.15) is 56.9 Å². The van der Waals surface area contributed by atoms with Crippen LogP contribution < -0.4 is 0 Å². The van der Waals surface area contributed by atoms with E-state index >= 15 is 0 Å². The fourth-order valence-corrected chi connectivity index (χ4v) is 4.70. The summed E-state index contributed by atoms with van der Waals surface area (Å²) in [6, 6.07) is 12.5. The van der Waals surface area contributed by atoms with E-state index in [4.69, 9.17) is 10.3 Å². The van der Waals surface area contributed by atoms with E-state index in [9.17, 15) is 0 Å². The minimum Gasteiger partial charge on any atom is -0.661 e. The largest absolute Gasteiger partial charge is 2.00 e. The molecule has 2 nitrogen and oxygen atoms in total. The van der Waals surface area contributed by atoms with Crippen LogP contribution in [0.5, 0.6) is 0 Å². The second kappa shape index (κ2) is 17.2. The van der Waals surface area contributed by atoms with Gasteiger partial charge in [-0.2, -0.15) is 5.70 Å². The van der Waals surface area contributed by atoms with E-state index in [0.29, 0.717) is 7.92 Å². The van der Waals surface area contributed by atoms with Crippen LogP contribution in [0.2, 0.25) is 0 Å². The summed E-state index contributed by atoms with van der Waals surface area (Å²) in [4.78, 5) is 4.76. The van der Waals surface area contributed by atoms with Crippen molar-refractivity contribution in [2.24, 2.45) is 4.99 Å². The molecule has 0 bridgehead atoms. The second-order valence-electron chi connectivity index (χ2n) is 7.75. The third-order valence-corrected chi connectivity index (χ3v) is 7.90. The first-order chi connectivity index (χ1) is 14.2. The van der Waals surface area contributed by atoms with Gasteiger partial charge in [-0.3, -0.25) is 4.99 Å². The number of rotatable bonds is 7. The summed E-state index contributed by atoms with van der Waals surface area (Å²) in [5.74, 6) is 0. The van der Waals surface area contributed by atoms with Gasteiger partial charge in [-0.1, -0.05) is 81.3 Å². The molecule has 0 amide bonds. The molecule has 0 aliphatic heterocycles. The molecule has 4 heteroatoms. The molecule has 32 heavy (non-hydrogen) atoms. The minimum absolute atomic E-state index is 0. The zero-order valence-corrected chi connectivity index (χ0v) is 24.3. The van der Waals surface area contributed by atoms with Crippen LogP contribution in [-0.4, -0.2) is 24.2 Å². The molecule has 2 aromatic rings. The van der Waals surface area contributed by atoms with Crippen LogP contribution in [0.25, 0.3) is 5.32 Å². The van der Waals surface area contributed by atoms with Crippen molar-refractivity contribution in [3.05, 3.63) is 83.2 Å². The maximum atomic E-state index is 4.76. The third kappa shape index (κ3) is 11.1. The number of hydrogen-bond acceptors (Lipinski definition) is 1. The van der Waals surface area contributed by atoms with E-state index in [1.165, 1.54) is 40.7 Å². The zero-order valence-electron chi connectivity index (χ0n) is 21.8. The standard InChI is InChI=1S/C21H25N2.C6H15P.CH3.Pd/c1-14-9-7-10-15(2)20(14)22-18(5)13-19(6)23-21-16(3)11-8-12-17(21)4;1-4-7(5-2)6-3;;/h7-13H,1-6H3;4-6H2,1-3H3;1H3;/q-1;;-1;+2/b18-13-,23-19?;;;. The molecule has 0 aliphatic rings. The normalized spacial score (nSPS) is 11.2. The molecule has 0 radical (unpaired) electrons. The van der Waals surface area contributed by atoms with Crippen LogP contribution in [0.4, 0.5) is 11.4 Å². The van der Waals surface area contributed by atoms with E-state index in [-0.39, 0.29) is 27.8 Å². The van der Waals surface area contributed by atoms with Crippen molar-refractivity contribution in [3.63, 3.8) is 0 Å². The maximum Gasteiger partial charge on any atom is 2.00 e. The number of para-hydroxylation sites is 2. The SMILES string of the molecule is CC(/C=C(/C)[N-]c1c(C)cccc1C)=Nc1c(C)cccc1C.CCP(CC)CC.[CH3-].[Pd+2]. The summed E-state index contributed by atoms with van der Waals surface area (Å²) < 4.78 is 0. The minimum atomic E-state index is 0. The molecule has 0 spiro atoms. The van der Waals surface area contributed by atoms with Gasteiger partial charge in [0, 0.05) is 5.71 Å². The van der Waals surface area contributed by atoms with Gasteiger partial charge in [-0.05, 0) is 64.2 Å². The van der Waals surface area contributed by atoms with Gasteiger partial charge in [0.15, 0.2) is 0 Å². The first kappa shape index (κ1) is 32.9. The van der Waals surface area contributed by atoms with Crippen molar-refractivity contribution in [3.8, 4) is 0 Å². The number of nitrogens with zero attached hydrogens (tertiary/aromatic N) is 2. The Balaban J connectivity index is 0. The molecule has 0 aromatic heterocycles. The quantitative estimate of drug-likeness (QED) is 0.143. The smallest absolute Gasteiger partial charge is 0.661 e. The number of hydrogen-bond donors (Lipinski definition) is 0. The van der Waals surface area contributed by atoms with Gasteiger partial charge in [0.05, 0.1) is 5.69 Å². The Hall–Kier alpha value is -1.26. The first-order valence-electron chi connectivity index (χ1n) is 11.0. The molecule has 0 saturated heterocycles. The molecule has 2 rings (SSSR count). The number of aryl methyl sites for hydroxylation is 4. The molecule has 0 fully saturated rings. The zero-order chi connectivity index (χ0) is 22.7. The molecule has 0 heterocycles. The average molecular weight is 545 g/mol. The number of allylic oxidation sites excluding steroid dienone is 2. The predicted molar refractivity (Wildman–Crippen MR) is 146 cm³/mol. The Morgan fingerprint density at radius 1 is 0.812 bits per heavy atom. The van der Waals surface area contributed by atoms with Crippen LogP contribution in [0, 0.1) is 35.1 Å². The van der Waals surface area contributed by atoms with Crippen molar-refractivity contribution in [2.75, 3.05) is 18.5 Å². The van der Waals surface area contributed by atoms with Gasteiger partial charge in [0.1, 0.15) is 0 Å². The Kier molecular flexibility index (Phi) is 17.7. The monoisotopic (exact) mass is 544 g/mol. The van der Waals surface area contributed by atoms with Gasteiger partial charge >= 0.3 is 20.4 Å².